The van der Waals surface area contributed by atoms with Gasteiger partial charge in [0.05, 0.1) is 28.8 Å². The third-order valence-electron chi connectivity index (χ3n) is 4.10. The van der Waals surface area contributed by atoms with Gasteiger partial charge in [-0.2, -0.15) is 0 Å². The molecule has 0 aliphatic carbocycles. The Hall–Kier alpha value is -2.64. The molecule has 2 aromatic heterocycles. The van der Waals surface area contributed by atoms with Gasteiger partial charge in [-0.25, -0.2) is 9.37 Å². The third kappa shape index (κ3) is 4.43. The second-order valence-corrected chi connectivity index (χ2v) is 8.14. The summed E-state index contributed by atoms with van der Waals surface area (Å²) < 4.78 is 19.6. The van der Waals surface area contributed by atoms with E-state index in [1.54, 1.807) is 35.1 Å². The predicted molar refractivity (Wildman–Crippen MR) is 112 cm³/mol. The number of carbonyl (C=O) groups is 1. The fraction of sp³-hybridized carbons (Fsp3) is 0.143. The SMILES string of the molecule is O=C(CSCc1ccccc1)N(Cc1ccco1)c1nc2ccc(F)cc2s1. The lowest BCUT2D eigenvalue weighted by Crippen LogP contribution is -2.31. The maximum Gasteiger partial charge on any atom is 0.239 e. The number of hydrogen-bond acceptors (Lipinski definition) is 5. The van der Waals surface area contributed by atoms with E-state index in [0.717, 1.165) is 5.75 Å². The van der Waals surface area contributed by atoms with Crippen molar-refractivity contribution in [3.8, 4) is 0 Å². The van der Waals surface area contributed by atoms with Crippen LogP contribution in [0.15, 0.2) is 71.3 Å². The van der Waals surface area contributed by atoms with Crippen molar-refractivity contribution in [3.63, 3.8) is 0 Å². The normalized spacial score (nSPS) is 11.0. The van der Waals surface area contributed by atoms with Gasteiger partial charge in [0.25, 0.3) is 0 Å². The van der Waals surface area contributed by atoms with Gasteiger partial charge in [0.2, 0.25) is 5.91 Å². The monoisotopic (exact) mass is 412 g/mol. The summed E-state index contributed by atoms with van der Waals surface area (Å²) in [5.74, 6) is 1.38. The lowest BCUT2D eigenvalue weighted by Gasteiger charge is -2.18. The Balaban J connectivity index is 1.52. The number of aromatic nitrogens is 1. The summed E-state index contributed by atoms with van der Waals surface area (Å²) >= 11 is 2.86. The molecule has 4 rings (SSSR count). The number of rotatable bonds is 7. The summed E-state index contributed by atoms with van der Waals surface area (Å²) in [5.41, 5.74) is 1.85. The lowest BCUT2D eigenvalue weighted by molar-refractivity contribution is -0.116. The van der Waals surface area contributed by atoms with Gasteiger partial charge < -0.3 is 4.42 Å². The molecule has 7 heteroatoms. The summed E-state index contributed by atoms with van der Waals surface area (Å²) in [6.45, 7) is 0.292. The molecule has 0 N–H and O–H groups in total. The number of halogens is 1. The van der Waals surface area contributed by atoms with Crippen LogP contribution >= 0.6 is 23.1 Å². The zero-order chi connectivity index (χ0) is 19.3. The summed E-state index contributed by atoms with van der Waals surface area (Å²) in [6, 6.07) is 18.1. The standard InChI is InChI=1S/C21H17FN2O2S2/c22-16-8-9-18-19(11-16)28-21(23-18)24(12-17-7-4-10-26-17)20(25)14-27-13-15-5-2-1-3-6-15/h1-11H,12-14H2. The van der Waals surface area contributed by atoms with Crippen LogP contribution in [0.2, 0.25) is 0 Å². The number of nitrogens with zero attached hydrogens (tertiary/aromatic N) is 2. The summed E-state index contributed by atoms with van der Waals surface area (Å²) in [4.78, 5) is 19.1. The van der Waals surface area contributed by atoms with E-state index in [9.17, 15) is 9.18 Å². The highest BCUT2D eigenvalue weighted by Crippen LogP contribution is 2.31. The molecule has 2 heterocycles. The van der Waals surface area contributed by atoms with E-state index < -0.39 is 0 Å². The quantitative estimate of drug-likeness (QED) is 0.402. The summed E-state index contributed by atoms with van der Waals surface area (Å²) in [6.07, 6.45) is 1.58. The second kappa shape index (κ2) is 8.58. The molecule has 4 nitrogen and oxygen atoms in total. The fourth-order valence-electron chi connectivity index (χ4n) is 2.73. The van der Waals surface area contributed by atoms with Crippen LogP contribution in [0.1, 0.15) is 11.3 Å². The third-order valence-corrected chi connectivity index (χ3v) is 6.13. The Morgan fingerprint density at radius 3 is 2.79 bits per heavy atom. The number of amides is 1. The largest absolute Gasteiger partial charge is 0.467 e. The van der Waals surface area contributed by atoms with Crippen LogP contribution in [0.4, 0.5) is 9.52 Å². The molecule has 0 fully saturated rings. The van der Waals surface area contributed by atoms with E-state index in [1.807, 2.05) is 36.4 Å². The highest BCUT2D eigenvalue weighted by molar-refractivity contribution is 7.99. The van der Waals surface area contributed by atoms with E-state index in [0.29, 0.717) is 33.4 Å². The molecular formula is C21H17FN2O2S2. The smallest absolute Gasteiger partial charge is 0.239 e. The summed E-state index contributed by atoms with van der Waals surface area (Å²) in [5, 5.41) is 0.544. The number of fused-ring (bicyclic) bond motifs is 1. The minimum absolute atomic E-state index is 0.0585. The van der Waals surface area contributed by atoms with Gasteiger partial charge in [-0.3, -0.25) is 9.69 Å². The fourth-order valence-corrected chi connectivity index (χ4v) is 4.60. The van der Waals surface area contributed by atoms with Crippen molar-refractivity contribution >= 4 is 44.4 Å². The molecule has 2 aromatic carbocycles. The molecule has 28 heavy (non-hydrogen) atoms. The topological polar surface area (TPSA) is 46.3 Å². The maximum absolute atomic E-state index is 13.5. The molecule has 142 valence electrons. The molecular weight excluding hydrogens is 395 g/mol. The number of thioether (sulfide) groups is 1. The molecule has 0 radical (unpaired) electrons. The van der Waals surface area contributed by atoms with Crippen LogP contribution in [-0.4, -0.2) is 16.6 Å². The molecule has 0 bridgehead atoms. The van der Waals surface area contributed by atoms with E-state index in [1.165, 1.54) is 29.0 Å². The number of benzene rings is 2. The van der Waals surface area contributed by atoms with Crippen molar-refractivity contribution in [1.82, 2.24) is 4.98 Å². The van der Waals surface area contributed by atoms with Gasteiger partial charge in [0, 0.05) is 5.75 Å². The zero-order valence-corrected chi connectivity index (χ0v) is 16.5. The number of carbonyl (C=O) groups excluding carboxylic acids is 1. The first-order chi connectivity index (χ1) is 13.7. The first-order valence-electron chi connectivity index (χ1n) is 8.69. The van der Waals surface area contributed by atoms with Gasteiger partial charge >= 0.3 is 0 Å². The summed E-state index contributed by atoms with van der Waals surface area (Å²) in [7, 11) is 0. The molecule has 0 spiro atoms. The van der Waals surface area contributed by atoms with Crippen molar-refractivity contribution in [2.75, 3.05) is 10.7 Å². The molecule has 0 atom stereocenters. The van der Waals surface area contributed by atoms with E-state index in [-0.39, 0.29) is 11.7 Å². The minimum atomic E-state index is -0.315. The molecule has 0 aliphatic heterocycles. The highest BCUT2D eigenvalue weighted by atomic mass is 32.2. The van der Waals surface area contributed by atoms with Crippen LogP contribution < -0.4 is 4.90 Å². The van der Waals surface area contributed by atoms with E-state index >= 15 is 0 Å². The predicted octanol–water partition coefficient (Wildman–Crippen LogP) is 5.50. The molecule has 0 aliphatic rings. The van der Waals surface area contributed by atoms with Crippen LogP contribution in [0.5, 0.6) is 0 Å². The van der Waals surface area contributed by atoms with Crippen molar-refractivity contribution in [2.24, 2.45) is 0 Å². The van der Waals surface area contributed by atoms with Crippen LogP contribution in [0, 0.1) is 5.82 Å². The molecule has 0 saturated carbocycles. The number of anilines is 1. The van der Waals surface area contributed by atoms with Gasteiger partial charge in [-0.15, -0.1) is 11.8 Å². The highest BCUT2D eigenvalue weighted by Gasteiger charge is 2.21. The van der Waals surface area contributed by atoms with Crippen molar-refractivity contribution in [3.05, 3.63) is 84.1 Å². The average Bonchev–Trinajstić information content (AvgIpc) is 3.36. The minimum Gasteiger partial charge on any atom is -0.467 e. The Morgan fingerprint density at radius 1 is 1.14 bits per heavy atom. The van der Waals surface area contributed by atoms with Gasteiger partial charge in [-0.05, 0) is 35.9 Å². The van der Waals surface area contributed by atoms with Gasteiger partial charge in [0.15, 0.2) is 5.13 Å². The number of thiazole rings is 1. The zero-order valence-electron chi connectivity index (χ0n) is 14.9. The van der Waals surface area contributed by atoms with Gasteiger partial charge in [-0.1, -0.05) is 41.7 Å². The lowest BCUT2D eigenvalue weighted by atomic mass is 10.2. The van der Waals surface area contributed by atoms with E-state index in [2.05, 4.69) is 4.98 Å². The molecule has 0 unspecified atom stereocenters. The van der Waals surface area contributed by atoms with Gasteiger partial charge in [0.1, 0.15) is 11.6 Å². The van der Waals surface area contributed by atoms with Crippen LogP contribution in [0.25, 0.3) is 10.2 Å². The first-order valence-corrected chi connectivity index (χ1v) is 10.7. The first kappa shape index (κ1) is 18.7. The molecule has 4 aromatic rings. The van der Waals surface area contributed by atoms with Crippen molar-refractivity contribution in [1.29, 1.82) is 0 Å². The van der Waals surface area contributed by atoms with Crippen LogP contribution in [0.3, 0.4) is 0 Å². The Morgan fingerprint density at radius 2 is 2.00 bits per heavy atom. The Labute approximate surface area is 170 Å². The average molecular weight is 413 g/mol. The van der Waals surface area contributed by atoms with Crippen molar-refractivity contribution < 1.29 is 13.6 Å². The Bertz CT molecular complexity index is 1060. The second-order valence-electron chi connectivity index (χ2n) is 6.15. The van der Waals surface area contributed by atoms with Crippen LogP contribution in [-0.2, 0) is 17.1 Å². The van der Waals surface area contributed by atoms with E-state index in [4.69, 9.17) is 4.42 Å². The number of hydrogen-bond donors (Lipinski definition) is 0. The number of furan rings is 1. The molecule has 1 amide bonds. The van der Waals surface area contributed by atoms with Crippen molar-refractivity contribution in [2.45, 2.75) is 12.3 Å². The maximum atomic E-state index is 13.5. The Kier molecular flexibility index (Phi) is 5.73. The molecule has 0 saturated heterocycles.